The molecule has 0 spiro atoms. The van der Waals surface area contributed by atoms with Crippen LogP contribution in [0.15, 0.2) is 53.4 Å². The highest BCUT2D eigenvalue weighted by Crippen LogP contribution is 2.22. The van der Waals surface area contributed by atoms with Gasteiger partial charge < -0.3 is 10.2 Å². The fourth-order valence-electron chi connectivity index (χ4n) is 2.66. The van der Waals surface area contributed by atoms with Gasteiger partial charge in [-0.05, 0) is 51.5 Å². The Balaban J connectivity index is 2.15. The molecule has 2 aromatic carbocycles. The van der Waals surface area contributed by atoms with E-state index in [1.54, 1.807) is 17.9 Å². The Kier molecular flexibility index (Phi) is 8.39. The number of benzene rings is 2. The van der Waals surface area contributed by atoms with Crippen LogP contribution < -0.4 is 5.32 Å². The average molecular weight is 419 g/mol. The molecule has 0 saturated heterocycles. The van der Waals surface area contributed by atoms with Crippen LogP contribution in [0.25, 0.3) is 0 Å². The second-order valence-corrected chi connectivity index (χ2v) is 8.51. The highest BCUT2D eigenvalue weighted by Gasteiger charge is 2.27. The van der Waals surface area contributed by atoms with E-state index in [1.165, 1.54) is 17.3 Å². The van der Waals surface area contributed by atoms with Gasteiger partial charge in [0.2, 0.25) is 11.8 Å². The van der Waals surface area contributed by atoms with Gasteiger partial charge in [0.05, 0.1) is 5.75 Å². The van der Waals surface area contributed by atoms with E-state index in [0.29, 0.717) is 11.6 Å². The Morgan fingerprint density at radius 2 is 1.71 bits per heavy atom. The summed E-state index contributed by atoms with van der Waals surface area (Å²) in [6, 6.07) is 14.9. The summed E-state index contributed by atoms with van der Waals surface area (Å²) in [4.78, 5) is 28.2. The van der Waals surface area contributed by atoms with Gasteiger partial charge in [-0.1, -0.05) is 47.5 Å². The van der Waals surface area contributed by atoms with Crippen molar-refractivity contribution in [3.63, 3.8) is 0 Å². The van der Waals surface area contributed by atoms with Crippen LogP contribution in [0.1, 0.15) is 31.9 Å². The largest absolute Gasteiger partial charge is 0.352 e. The van der Waals surface area contributed by atoms with Crippen molar-refractivity contribution in [3.05, 3.63) is 64.7 Å². The average Bonchev–Trinajstić information content (AvgIpc) is 2.65. The number of carbonyl (C=O) groups excluding carboxylic acids is 2. The van der Waals surface area contributed by atoms with Crippen LogP contribution in [0, 0.1) is 6.92 Å². The van der Waals surface area contributed by atoms with Crippen molar-refractivity contribution in [1.29, 1.82) is 0 Å². The molecule has 0 aliphatic rings. The molecule has 0 fully saturated rings. The topological polar surface area (TPSA) is 49.4 Å². The minimum Gasteiger partial charge on any atom is -0.352 e. The Hall–Kier alpha value is -1.98. The van der Waals surface area contributed by atoms with E-state index in [9.17, 15) is 9.59 Å². The van der Waals surface area contributed by atoms with Crippen LogP contribution in [0.4, 0.5) is 0 Å². The summed E-state index contributed by atoms with van der Waals surface area (Å²) >= 11 is 7.75. The van der Waals surface area contributed by atoms with Crippen molar-refractivity contribution >= 4 is 35.2 Å². The van der Waals surface area contributed by atoms with Gasteiger partial charge in [0, 0.05) is 22.5 Å². The van der Waals surface area contributed by atoms with E-state index in [-0.39, 0.29) is 23.6 Å². The third-order valence-electron chi connectivity index (χ3n) is 4.28. The lowest BCUT2D eigenvalue weighted by Gasteiger charge is -2.29. The second-order valence-electron chi connectivity index (χ2n) is 7.05. The molecular formula is C22H27ClN2O2S. The molecule has 0 aliphatic carbocycles. The molecule has 0 heterocycles. The molecule has 0 bridgehead atoms. The normalized spacial score (nSPS) is 11.9. The zero-order valence-corrected chi connectivity index (χ0v) is 18.3. The van der Waals surface area contributed by atoms with E-state index in [0.717, 1.165) is 10.5 Å². The van der Waals surface area contributed by atoms with Crippen molar-refractivity contribution in [2.75, 3.05) is 5.75 Å². The fraction of sp³-hybridized carbons (Fsp3) is 0.364. The molecule has 1 atom stereocenters. The smallest absolute Gasteiger partial charge is 0.242 e. The molecule has 0 radical (unpaired) electrons. The predicted octanol–water partition coefficient (Wildman–Crippen LogP) is 4.68. The summed E-state index contributed by atoms with van der Waals surface area (Å²) in [6.07, 6.45) is 0. The van der Waals surface area contributed by atoms with Crippen LogP contribution in [0.5, 0.6) is 0 Å². The number of rotatable bonds is 8. The van der Waals surface area contributed by atoms with Crippen molar-refractivity contribution < 1.29 is 9.59 Å². The lowest BCUT2D eigenvalue weighted by atomic mass is 10.1. The van der Waals surface area contributed by atoms with Gasteiger partial charge >= 0.3 is 0 Å². The van der Waals surface area contributed by atoms with Gasteiger partial charge in [0.1, 0.15) is 6.04 Å². The number of thioether (sulfide) groups is 1. The number of halogens is 1. The molecule has 1 N–H and O–H groups in total. The first-order valence-electron chi connectivity index (χ1n) is 9.30. The lowest BCUT2D eigenvalue weighted by Crippen LogP contribution is -2.49. The van der Waals surface area contributed by atoms with Crippen molar-refractivity contribution in [3.8, 4) is 0 Å². The molecule has 2 amide bonds. The summed E-state index contributed by atoms with van der Waals surface area (Å²) in [5.41, 5.74) is 2.00. The number of nitrogens with one attached hydrogen (secondary N) is 1. The van der Waals surface area contributed by atoms with E-state index < -0.39 is 6.04 Å². The Morgan fingerprint density at radius 3 is 2.32 bits per heavy atom. The zero-order chi connectivity index (χ0) is 20.7. The van der Waals surface area contributed by atoms with E-state index >= 15 is 0 Å². The number of amides is 2. The van der Waals surface area contributed by atoms with Gasteiger partial charge in [-0.25, -0.2) is 0 Å². The summed E-state index contributed by atoms with van der Waals surface area (Å²) < 4.78 is 0. The van der Waals surface area contributed by atoms with E-state index in [2.05, 4.69) is 5.32 Å². The minimum atomic E-state index is -0.593. The number of nitrogens with zero attached hydrogens (tertiary/aromatic N) is 1. The first kappa shape index (κ1) is 22.3. The molecule has 2 rings (SSSR count). The predicted molar refractivity (Wildman–Crippen MR) is 117 cm³/mol. The molecule has 0 unspecified atom stereocenters. The molecule has 4 nitrogen and oxygen atoms in total. The number of aryl methyl sites for hydroxylation is 1. The highest BCUT2D eigenvalue weighted by atomic mass is 35.5. The minimum absolute atomic E-state index is 0.00847. The quantitative estimate of drug-likeness (QED) is 0.633. The van der Waals surface area contributed by atoms with Crippen LogP contribution in [-0.4, -0.2) is 34.6 Å². The van der Waals surface area contributed by atoms with Gasteiger partial charge in [-0.3, -0.25) is 9.59 Å². The molecule has 0 aliphatic heterocycles. The molecule has 28 heavy (non-hydrogen) atoms. The van der Waals surface area contributed by atoms with Crippen LogP contribution in [0.2, 0.25) is 5.02 Å². The summed E-state index contributed by atoms with van der Waals surface area (Å²) in [6.45, 7) is 7.87. The molecule has 150 valence electrons. The van der Waals surface area contributed by atoms with Gasteiger partial charge in [0.25, 0.3) is 0 Å². The van der Waals surface area contributed by atoms with E-state index in [1.807, 2.05) is 63.2 Å². The van der Waals surface area contributed by atoms with Crippen LogP contribution in [0.3, 0.4) is 0 Å². The summed E-state index contributed by atoms with van der Waals surface area (Å²) in [5.74, 6) is -0.0139. The first-order valence-corrected chi connectivity index (χ1v) is 10.7. The number of carbonyl (C=O) groups is 2. The molecule has 2 aromatic rings. The van der Waals surface area contributed by atoms with Gasteiger partial charge in [0.15, 0.2) is 0 Å². The third kappa shape index (κ3) is 6.57. The third-order valence-corrected chi connectivity index (χ3v) is 5.65. The Labute approximate surface area is 176 Å². The molecular weight excluding hydrogens is 392 g/mol. The first-order chi connectivity index (χ1) is 13.3. The summed E-state index contributed by atoms with van der Waals surface area (Å²) in [7, 11) is 0. The SMILES string of the molecule is Cc1ccc(SCC(=O)N(Cc2ccccc2Cl)[C@@H](C)C(=O)NC(C)C)cc1. The second kappa shape index (κ2) is 10.5. The number of hydrogen-bond donors (Lipinski definition) is 1. The monoisotopic (exact) mass is 418 g/mol. The maximum absolute atomic E-state index is 13.0. The maximum atomic E-state index is 13.0. The number of hydrogen-bond acceptors (Lipinski definition) is 3. The van der Waals surface area contributed by atoms with Crippen molar-refractivity contribution in [2.45, 2.75) is 51.2 Å². The summed E-state index contributed by atoms with van der Waals surface area (Å²) in [5, 5.41) is 3.47. The van der Waals surface area contributed by atoms with E-state index in [4.69, 9.17) is 11.6 Å². The van der Waals surface area contributed by atoms with Gasteiger partial charge in [-0.2, -0.15) is 0 Å². The van der Waals surface area contributed by atoms with Crippen LogP contribution >= 0.6 is 23.4 Å². The molecule has 0 aromatic heterocycles. The van der Waals surface area contributed by atoms with Crippen LogP contribution in [-0.2, 0) is 16.1 Å². The lowest BCUT2D eigenvalue weighted by molar-refractivity contribution is -0.138. The Morgan fingerprint density at radius 1 is 1.07 bits per heavy atom. The van der Waals surface area contributed by atoms with Crippen molar-refractivity contribution in [2.24, 2.45) is 0 Å². The van der Waals surface area contributed by atoms with Gasteiger partial charge in [-0.15, -0.1) is 11.8 Å². The highest BCUT2D eigenvalue weighted by molar-refractivity contribution is 8.00. The van der Waals surface area contributed by atoms with Crippen molar-refractivity contribution in [1.82, 2.24) is 10.2 Å². The fourth-order valence-corrected chi connectivity index (χ4v) is 3.64. The Bertz CT molecular complexity index is 808. The zero-order valence-electron chi connectivity index (χ0n) is 16.7. The molecule has 6 heteroatoms. The maximum Gasteiger partial charge on any atom is 0.242 e. The standard InChI is InChI=1S/C22H27ClN2O2S/c1-15(2)24-22(27)17(4)25(13-18-7-5-6-8-20(18)23)21(26)14-28-19-11-9-16(3)10-12-19/h5-12,15,17H,13-14H2,1-4H3,(H,24,27)/t17-/m0/s1. The molecule has 0 saturated carbocycles.